The van der Waals surface area contributed by atoms with Crippen molar-refractivity contribution in [2.45, 2.75) is 0 Å². The number of rotatable bonds is 4. The van der Waals surface area contributed by atoms with Gasteiger partial charge >= 0.3 is 59.1 Å². The topological polar surface area (TPSA) is 76.3 Å². The molecule has 24 heavy (non-hydrogen) atoms. The van der Waals surface area contributed by atoms with Crippen molar-refractivity contribution in [1.82, 2.24) is 0 Å². The molecule has 0 amide bonds. The van der Waals surface area contributed by atoms with Crippen LogP contribution in [0.3, 0.4) is 0 Å². The molecule has 3 rings (SSSR count). The summed E-state index contributed by atoms with van der Waals surface area (Å²) in [5.41, 5.74) is -0.0174. The summed E-state index contributed by atoms with van der Waals surface area (Å²) in [6.07, 6.45) is 0. The molecule has 3 aromatic rings. The molecule has 0 N–H and O–H groups in total. The Labute approximate surface area is 186 Å². The fraction of sp³-hybridized carbons (Fsp3) is 0. The van der Waals surface area contributed by atoms with Crippen molar-refractivity contribution < 1.29 is 77.9 Å². The first kappa shape index (κ1) is 22.3. The maximum absolute atomic E-state index is 11.1. The maximum atomic E-state index is 11.1. The van der Waals surface area contributed by atoms with Crippen LogP contribution < -0.4 is 90.5 Å². The molecule has 0 spiro atoms. The van der Waals surface area contributed by atoms with Crippen LogP contribution in [0.15, 0.2) is 77.2 Å². The Morgan fingerprint density at radius 1 is 0.750 bits per heavy atom. The molecule has 0 fully saturated rings. The Bertz CT molecular complexity index is 764. The van der Waals surface area contributed by atoms with Gasteiger partial charge in [-0.3, -0.25) is 0 Å². The van der Waals surface area contributed by atoms with Gasteiger partial charge in [0, 0.05) is 15.5 Å². The van der Waals surface area contributed by atoms with Crippen molar-refractivity contribution in [2.75, 3.05) is 0 Å². The van der Waals surface area contributed by atoms with E-state index in [1.54, 1.807) is 6.07 Å². The number of benzene rings is 2. The van der Waals surface area contributed by atoms with E-state index in [4.69, 9.17) is 4.42 Å². The molecule has 1 aromatic heterocycles. The van der Waals surface area contributed by atoms with E-state index < -0.39 is 21.0 Å². The van der Waals surface area contributed by atoms with Crippen LogP contribution in [0.4, 0.5) is 0 Å². The predicted molar refractivity (Wildman–Crippen MR) is 84.7 cm³/mol. The molecule has 8 heteroatoms. The maximum Gasteiger partial charge on any atom is 1.00 e. The summed E-state index contributed by atoms with van der Waals surface area (Å²) in [6.45, 7) is 0. The second-order valence-electron chi connectivity index (χ2n) is 4.62. The van der Waals surface area contributed by atoms with Gasteiger partial charge in [0.15, 0.2) is 0 Å². The molecule has 0 aliphatic rings. The minimum absolute atomic E-state index is 0. The van der Waals surface area contributed by atoms with E-state index in [1.807, 2.05) is 60.7 Å². The Hall–Kier alpha value is 0.300. The third-order valence-electron chi connectivity index (χ3n) is 3.10. The molecule has 0 aliphatic heterocycles. The SMILES string of the molecule is O=P([O-])([O-])c1ccc(P(c2ccccc2)c2ccccc2)o1.[Na+].[Na+]. The standard InChI is InChI=1S/C16H14O4P2.2Na/c17-22(18,19)16-12-11-15(20-16)21(13-7-3-1-4-8-13)14-9-5-2-6-10-14;;/h1-12H,(H2,17,18,19);;/q;2*+1/p-2. The van der Waals surface area contributed by atoms with Crippen LogP contribution in [-0.4, -0.2) is 0 Å². The van der Waals surface area contributed by atoms with Crippen molar-refractivity contribution in [3.05, 3.63) is 72.8 Å². The second-order valence-corrected chi connectivity index (χ2v) is 8.20. The van der Waals surface area contributed by atoms with Gasteiger partial charge in [-0.25, -0.2) is 0 Å². The zero-order valence-electron chi connectivity index (χ0n) is 13.5. The van der Waals surface area contributed by atoms with Crippen LogP contribution in [0.1, 0.15) is 0 Å². The summed E-state index contributed by atoms with van der Waals surface area (Å²) in [7, 11) is -5.91. The van der Waals surface area contributed by atoms with Crippen molar-refractivity contribution in [1.29, 1.82) is 0 Å². The van der Waals surface area contributed by atoms with Crippen molar-refractivity contribution >= 4 is 37.1 Å². The molecular formula is C16H12Na2O4P2. The van der Waals surface area contributed by atoms with Crippen LogP contribution in [-0.2, 0) is 4.57 Å². The zero-order chi connectivity index (χ0) is 15.6. The molecule has 2 aromatic carbocycles. The minimum Gasteiger partial charge on any atom is -0.805 e. The Morgan fingerprint density at radius 2 is 1.21 bits per heavy atom. The van der Waals surface area contributed by atoms with Crippen LogP contribution >= 0.6 is 15.5 Å². The third kappa shape index (κ3) is 5.40. The molecule has 0 radical (unpaired) electrons. The van der Waals surface area contributed by atoms with E-state index in [2.05, 4.69) is 0 Å². The third-order valence-corrected chi connectivity index (χ3v) is 6.19. The number of furan rings is 1. The quantitative estimate of drug-likeness (QED) is 0.337. The Kier molecular flexibility index (Phi) is 9.17. The molecule has 0 saturated heterocycles. The van der Waals surface area contributed by atoms with Crippen molar-refractivity contribution in [3.63, 3.8) is 0 Å². The molecule has 1 heterocycles. The summed E-state index contributed by atoms with van der Waals surface area (Å²) in [4.78, 5) is 22.3. The van der Waals surface area contributed by atoms with Gasteiger partial charge in [0.25, 0.3) is 0 Å². The van der Waals surface area contributed by atoms with E-state index in [0.717, 1.165) is 10.6 Å². The van der Waals surface area contributed by atoms with Gasteiger partial charge in [-0.15, -0.1) is 0 Å². The molecule has 112 valence electrons. The molecular weight excluding hydrogens is 364 g/mol. The van der Waals surface area contributed by atoms with Gasteiger partial charge in [0.05, 0.1) is 0 Å². The van der Waals surface area contributed by atoms with Gasteiger partial charge < -0.3 is 18.8 Å². The van der Waals surface area contributed by atoms with Gasteiger partial charge in [0.1, 0.15) is 11.0 Å². The van der Waals surface area contributed by atoms with Gasteiger partial charge in [-0.1, -0.05) is 60.7 Å². The molecule has 0 aliphatic carbocycles. The van der Waals surface area contributed by atoms with E-state index in [9.17, 15) is 14.4 Å². The van der Waals surface area contributed by atoms with E-state index in [0.29, 0.717) is 5.50 Å². The zero-order valence-corrected chi connectivity index (χ0v) is 19.2. The molecule has 0 saturated carbocycles. The number of hydrogen-bond donors (Lipinski definition) is 0. The summed E-state index contributed by atoms with van der Waals surface area (Å²) in [5.74, 6) is 0. The monoisotopic (exact) mass is 376 g/mol. The van der Waals surface area contributed by atoms with E-state index >= 15 is 0 Å². The van der Waals surface area contributed by atoms with Crippen LogP contribution in [0.25, 0.3) is 0 Å². The first-order valence-electron chi connectivity index (χ1n) is 6.58. The predicted octanol–water partition coefficient (Wildman–Crippen LogP) is -5.42. The molecule has 0 unspecified atom stereocenters. The molecule has 0 bridgehead atoms. The summed E-state index contributed by atoms with van der Waals surface area (Å²) in [6, 6.07) is 22.2. The molecule has 4 nitrogen and oxygen atoms in total. The van der Waals surface area contributed by atoms with Crippen LogP contribution in [0.2, 0.25) is 0 Å². The fourth-order valence-electron chi connectivity index (χ4n) is 2.14. The van der Waals surface area contributed by atoms with Gasteiger partial charge in [-0.2, -0.15) is 0 Å². The average molecular weight is 376 g/mol. The van der Waals surface area contributed by atoms with Crippen LogP contribution in [0, 0.1) is 0 Å². The largest absolute Gasteiger partial charge is 1.00 e. The Morgan fingerprint density at radius 3 is 1.58 bits per heavy atom. The first-order valence-corrected chi connectivity index (χ1v) is 9.47. The normalized spacial score (nSPS) is 10.8. The van der Waals surface area contributed by atoms with Gasteiger partial charge in [-0.05, 0) is 22.7 Å². The van der Waals surface area contributed by atoms with Crippen molar-refractivity contribution in [2.24, 2.45) is 0 Å². The molecule has 0 atom stereocenters. The smallest absolute Gasteiger partial charge is 0.805 e. The van der Waals surface area contributed by atoms with Crippen molar-refractivity contribution in [3.8, 4) is 0 Å². The summed E-state index contributed by atoms with van der Waals surface area (Å²) >= 11 is 0. The second kappa shape index (κ2) is 9.85. The minimum atomic E-state index is -4.88. The summed E-state index contributed by atoms with van der Waals surface area (Å²) in [5, 5.41) is 2.05. The van der Waals surface area contributed by atoms with Crippen LogP contribution in [0.5, 0.6) is 0 Å². The number of hydrogen-bond acceptors (Lipinski definition) is 4. The average Bonchev–Trinajstić information content (AvgIpc) is 2.99. The summed E-state index contributed by atoms with van der Waals surface area (Å²) < 4.78 is 16.5. The van der Waals surface area contributed by atoms with E-state index in [-0.39, 0.29) is 59.1 Å². The van der Waals surface area contributed by atoms with Gasteiger partial charge in [0.2, 0.25) is 0 Å². The Balaban J connectivity index is 0.00000144. The first-order chi connectivity index (χ1) is 10.6. The van der Waals surface area contributed by atoms with E-state index in [1.165, 1.54) is 6.07 Å². The fourth-order valence-corrected chi connectivity index (χ4v) is 4.84.